The Morgan fingerprint density at radius 1 is 1.13 bits per heavy atom. The van der Waals surface area contributed by atoms with Crippen molar-refractivity contribution in [1.29, 1.82) is 0 Å². The monoisotopic (exact) mass is 480 g/mol. The molecule has 3 aromatic rings. The second-order valence-electron chi connectivity index (χ2n) is 7.10. The molecule has 1 aliphatic heterocycles. The lowest BCUT2D eigenvalue weighted by Gasteiger charge is -2.23. The first-order valence-electron chi connectivity index (χ1n) is 9.74. The Kier molecular flexibility index (Phi) is 6.84. The fourth-order valence-corrected chi connectivity index (χ4v) is 4.12. The maximum atomic E-state index is 12.1. The molecule has 1 saturated heterocycles. The Balaban J connectivity index is 1.85. The molecule has 9 heteroatoms. The van der Waals surface area contributed by atoms with Gasteiger partial charge in [-0.2, -0.15) is 5.10 Å². The number of nitrogens with zero attached hydrogens (tertiary/aromatic N) is 2. The molecule has 1 unspecified atom stereocenters. The first kappa shape index (κ1) is 22.1. The highest BCUT2D eigenvalue weighted by molar-refractivity contribution is 6.35. The number of carbonyl (C=O) groups is 1. The van der Waals surface area contributed by atoms with Gasteiger partial charge in [0.15, 0.2) is 12.0 Å². The molecule has 1 aliphatic rings. The summed E-state index contributed by atoms with van der Waals surface area (Å²) in [5.41, 5.74) is 2.08. The number of ether oxygens (including phenoxy) is 2. The number of carboxylic acid groups (broad SMARTS) is 1. The lowest BCUT2D eigenvalue weighted by molar-refractivity contribution is -0.168. The normalized spacial score (nSPS) is 16.4. The fourth-order valence-electron chi connectivity index (χ4n) is 3.51. The van der Waals surface area contributed by atoms with E-state index in [1.165, 1.54) is 4.68 Å². The van der Waals surface area contributed by atoms with Gasteiger partial charge in [0.1, 0.15) is 0 Å². The summed E-state index contributed by atoms with van der Waals surface area (Å²) in [7, 11) is 0. The van der Waals surface area contributed by atoms with Gasteiger partial charge in [-0.05, 0) is 49.6 Å². The zero-order valence-corrected chi connectivity index (χ0v) is 18.6. The van der Waals surface area contributed by atoms with Crippen LogP contribution >= 0.6 is 34.8 Å². The quantitative estimate of drug-likeness (QED) is 0.451. The van der Waals surface area contributed by atoms with Crippen LogP contribution in [0.3, 0.4) is 0 Å². The van der Waals surface area contributed by atoms with Crippen molar-refractivity contribution in [3.05, 3.63) is 68.8 Å². The van der Waals surface area contributed by atoms with E-state index in [0.717, 1.165) is 24.8 Å². The third kappa shape index (κ3) is 4.89. The van der Waals surface area contributed by atoms with E-state index in [4.69, 9.17) is 44.3 Å². The molecular formula is C22H19Cl3N2O4. The van der Waals surface area contributed by atoms with Gasteiger partial charge >= 0.3 is 5.97 Å². The molecule has 2 heterocycles. The van der Waals surface area contributed by atoms with Gasteiger partial charge in [0.25, 0.3) is 0 Å². The number of hydrogen-bond donors (Lipinski definition) is 1. The molecule has 1 N–H and O–H groups in total. The van der Waals surface area contributed by atoms with E-state index < -0.39 is 5.97 Å². The van der Waals surface area contributed by atoms with Crippen LogP contribution in [0.2, 0.25) is 15.1 Å². The number of aromatic carboxylic acids is 1. The van der Waals surface area contributed by atoms with E-state index in [2.05, 4.69) is 5.10 Å². The molecule has 162 valence electrons. The van der Waals surface area contributed by atoms with Gasteiger partial charge in [0.05, 0.1) is 23.0 Å². The number of carboxylic acids is 1. The van der Waals surface area contributed by atoms with Gasteiger partial charge in [-0.15, -0.1) is 0 Å². The summed E-state index contributed by atoms with van der Waals surface area (Å²) >= 11 is 18.5. The maximum Gasteiger partial charge on any atom is 0.356 e. The summed E-state index contributed by atoms with van der Waals surface area (Å²) in [5.74, 6) is -1.16. The van der Waals surface area contributed by atoms with Crippen molar-refractivity contribution in [3.63, 3.8) is 0 Å². The first-order chi connectivity index (χ1) is 14.9. The lowest BCUT2D eigenvalue weighted by Crippen LogP contribution is -2.22. The summed E-state index contributed by atoms with van der Waals surface area (Å²) in [6, 6.07) is 12.0. The lowest BCUT2D eigenvalue weighted by atomic mass is 10.1. The SMILES string of the molecule is O=C(O)c1nn(-c2ccc(Cl)cc2Cl)c(-c2ccc(Cl)cc2)c1COC1CCCCO1. The molecule has 0 saturated carbocycles. The largest absolute Gasteiger partial charge is 0.476 e. The van der Waals surface area contributed by atoms with Crippen molar-refractivity contribution < 1.29 is 19.4 Å². The van der Waals surface area contributed by atoms with E-state index >= 15 is 0 Å². The average molecular weight is 482 g/mol. The highest BCUT2D eigenvalue weighted by Crippen LogP contribution is 2.34. The Morgan fingerprint density at radius 3 is 2.52 bits per heavy atom. The third-order valence-electron chi connectivity index (χ3n) is 4.99. The molecule has 1 fully saturated rings. The van der Waals surface area contributed by atoms with Gasteiger partial charge in [-0.3, -0.25) is 0 Å². The van der Waals surface area contributed by atoms with E-state index in [0.29, 0.717) is 38.6 Å². The number of rotatable bonds is 6. The van der Waals surface area contributed by atoms with Gasteiger partial charge in [0.2, 0.25) is 0 Å². The number of halogens is 3. The molecule has 1 aromatic heterocycles. The standard InChI is InChI=1S/C22H19Cl3N2O4/c23-14-6-4-13(5-7-14)21-16(12-31-19-3-1-2-10-30-19)20(22(28)29)26-27(21)18-9-8-15(24)11-17(18)25/h4-9,11,19H,1-3,10,12H2,(H,28,29). The fraction of sp³-hybridized carbons (Fsp3) is 0.273. The predicted octanol–water partition coefficient (Wildman–Crippen LogP) is 6.24. The van der Waals surface area contributed by atoms with Gasteiger partial charge in [-0.25, -0.2) is 9.48 Å². The molecule has 4 rings (SSSR count). The number of aromatic nitrogens is 2. The third-order valence-corrected chi connectivity index (χ3v) is 5.78. The molecule has 1 atom stereocenters. The molecule has 0 bridgehead atoms. The minimum Gasteiger partial charge on any atom is -0.476 e. The second kappa shape index (κ2) is 9.59. The summed E-state index contributed by atoms with van der Waals surface area (Å²) in [6.45, 7) is 0.648. The van der Waals surface area contributed by atoms with Crippen LogP contribution in [0.4, 0.5) is 0 Å². The minimum atomic E-state index is -1.16. The second-order valence-corrected chi connectivity index (χ2v) is 8.38. The Hall–Kier alpha value is -2.09. The molecule has 0 aliphatic carbocycles. The smallest absolute Gasteiger partial charge is 0.356 e. The topological polar surface area (TPSA) is 73.6 Å². The van der Waals surface area contributed by atoms with Crippen LogP contribution in [0.5, 0.6) is 0 Å². The van der Waals surface area contributed by atoms with Crippen molar-refractivity contribution in [2.45, 2.75) is 32.2 Å². The molecule has 2 aromatic carbocycles. The average Bonchev–Trinajstić information content (AvgIpc) is 3.13. The molecule has 0 amide bonds. The molecular weight excluding hydrogens is 463 g/mol. The molecule has 31 heavy (non-hydrogen) atoms. The minimum absolute atomic E-state index is 0.0233. The number of benzene rings is 2. The van der Waals surface area contributed by atoms with Crippen LogP contribution in [0, 0.1) is 0 Å². The molecule has 0 radical (unpaired) electrons. The zero-order valence-electron chi connectivity index (χ0n) is 16.4. The summed E-state index contributed by atoms with van der Waals surface area (Å²) < 4.78 is 13.1. The van der Waals surface area contributed by atoms with Gasteiger partial charge in [-0.1, -0.05) is 46.9 Å². The molecule has 6 nitrogen and oxygen atoms in total. The summed E-state index contributed by atoms with van der Waals surface area (Å²) in [4.78, 5) is 12.1. The Morgan fingerprint density at radius 2 is 1.87 bits per heavy atom. The van der Waals surface area contributed by atoms with Crippen LogP contribution in [-0.4, -0.2) is 33.8 Å². The van der Waals surface area contributed by atoms with Crippen LogP contribution in [0.1, 0.15) is 35.3 Å². The van der Waals surface area contributed by atoms with Crippen molar-refractivity contribution in [2.75, 3.05) is 6.61 Å². The van der Waals surface area contributed by atoms with E-state index in [1.54, 1.807) is 42.5 Å². The molecule has 0 spiro atoms. The van der Waals surface area contributed by atoms with E-state index in [-0.39, 0.29) is 18.6 Å². The Labute approximate surface area is 194 Å². The van der Waals surface area contributed by atoms with Gasteiger partial charge in [0, 0.05) is 27.8 Å². The van der Waals surface area contributed by atoms with Crippen molar-refractivity contribution in [3.8, 4) is 16.9 Å². The zero-order chi connectivity index (χ0) is 22.0. The van der Waals surface area contributed by atoms with Gasteiger partial charge < -0.3 is 14.6 Å². The van der Waals surface area contributed by atoms with Crippen LogP contribution in [0.25, 0.3) is 16.9 Å². The van der Waals surface area contributed by atoms with Crippen LogP contribution in [0.15, 0.2) is 42.5 Å². The van der Waals surface area contributed by atoms with E-state index in [9.17, 15) is 9.90 Å². The van der Waals surface area contributed by atoms with Crippen molar-refractivity contribution >= 4 is 40.8 Å². The van der Waals surface area contributed by atoms with E-state index in [1.807, 2.05) is 0 Å². The number of hydrogen-bond acceptors (Lipinski definition) is 4. The van der Waals surface area contributed by atoms with Crippen molar-refractivity contribution in [2.24, 2.45) is 0 Å². The van der Waals surface area contributed by atoms with Crippen LogP contribution < -0.4 is 0 Å². The van der Waals surface area contributed by atoms with Crippen molar-refractivity contribution in [1.82, 2.24) is 9.78 Å². The Bertz CT molecular complexity index is 1090. The highest BCUT2D eigenvalue weighted by Gasteiger charge is 2.27. The maximum absolute atomic E-state index is 12.1. The predicted molar refractivity (Wildman–Crippen MR) is 119 cm³/mol. The van der Waals surface area contributed by atoms with Crippen LogP contribution in [-0.2, 0) is 16.1 Å². The summed E-state index contributed by atoms with van der Waals surface area (Å²) in [5, 5.41) is 15.6. The highest BCUT2D eigenvalue weighted by atomic mass is 35.5. The summed E-state index contributed by atoms with van der Waals surface area (Å²) in [6.07, 6.45) is 2.37. The first-order valence-corrected chi connectivity index (χ1v) is 10.9.